The van der Waals surface area contributed by atoms with E-state index < -0.39 is 23.8 Å². The van der Waals surface area contributed by atoms with E-state index in [4.69, 9.17) is 0 Å². The Labute approximate surface area is 198 Å². The van der Waals surface area contributed by atoms with Gasteiger partial charge < -0.3 is 19.8 Å². The van der Waals surface area contributed by atoms with Crippen molar-refractivity contribution in [1.29, 1.82) is 0 Å². The van der Waals surface area contributed by atoms with E-state index in [-0.39, 0.29) is 59.1 Å². The molecule has 0 N–H and O–H groups in total. The normalized spacial score (nSPS) is 12.6. The first-order chi connectivity index (χ1) is 11.0. The molecule has 0 saturated heterocycles. The summed E-state index contributed by atoms with van der Waals surface area (Å²) in [4.78, 5) is 22.3. The first-order valence-corrected chi connectivity index (χ1v) is 9.39. The van der Waals surface area contributed by atoms with Crippen LogP contribution < -0.4 is 69.3 Å². The summed E-state index contributed by atoms with van der Waals surface area (Å²) in [5.74, 6) is -2.53. The second-order valence-corrected chi connectivity index (χ2v) is 6.80. The number of carboxylic acid groups (broad SMARTS) is 2. The van der Waals surface area contributed by atoms with Crippen molar-refractivity contribution < 1.29 is 78.9 Å². The summed E-state index contributed by atoms with van der Waals surface area (Å²) in [5.41, 5.74) is -1.24. The molecular weight excluding hydrogens is 338 g/mol. The van der Waals surface area contributed by atoms with Crippen LogP contribution in [-0.2, 0) is 9.59 Å². The van der Waals surface area contributed by atoms with Gasteiger partial charge in [0.25, 0.3) is 0 Å². The molecule has 6 heteroatoms. The number of rotatable bonds is 16. The molecule has 0 aromatic carbocycles. The van der Waals surface area contributed by atoms with E-state index in [1.165, 1.54) is 44.9 Å². The topological polar surface area (TPSA) is 80.3 Å². The van der Waals surface area contributed by atoms with Gasteiger partial charge in [0.2, 0.25) is 0 Å². The number of unbranched alkanes of at least 4 members (excludes halogenated alkanes) is 9. The Kier molecular flexibility index (Phi) is 24.2. The van der Waals surface area contributed by atoms with Crippen molar-refractivity contribution in [2.24, 2.45) is 5.41 Å². The molecule has 136 valence electrons. The Morgan fingerprint density at radius 2 is 1.12 bits per heavy atom. The van der Waals surface area contributed by atoms with Crippen LogP contribution in [0, 0.1) is 5.41 Å². The molecule has 0 amide bonds. The first-order valence-electron chi connectivity index (χ1n) is 9.39. The molecule has 0 aromatic rings. The largest absolute Gasteiger partial charge is 1.00 e. The molecule has 0 aromatic heterocycles. The molecule has 1 unspecified atom stereocenters. The summed E-state index contributed by atoms with van der Waals surface area (Å²) in [6.07, 6.45) is 12.7. The summed E-state index contributed by atoms with van der Waals surface area (Å²) in [5, 5.41) is 22.3. The van der Waals surface area contributed by atoms with Gasteiger partial charge in [-0.15, -0.1) is 0 Å². The van der Waals surface area contributed by atoms with E-state index in [1.807, 2.05) is 6.92 Å². The van der Waals surface area contributed by atoms with E-state index >= 15 is 0 Å². The predicted molar refractivity (Wildman–Crippen MR) is 88.4 cm³/mol. The van der Waals surface area contributed by atoms with Crippen molar-refractivity contribution in [3.05, 3.63) is 0 Å². The van der Waals surface area contributed by atoms with Gasteiger partial charge in [-0.1, -0.05) is 84.5 Å². The maximum atomic E-state index is 11.4. The van der Waals surface area contributed by atoms with Gasteiger partial charge in [0.15, 0.2) is 0 Å². The van der Waals surface area contributed by atoms with E-state index in [0.717, 1.165) is 19.3 Å². The Balaban J connectivity index is -0.00000242. The van der Waals surface area contributed by atoms with Crippen LogP contribution in [0.25, 0.3) is 0 Å². The first kappa shape index (κ1) is 30.7. The predicted octanol–water partition coefficient (Wildman–Crippen LogP) is -3.02. The fraction of sp³-hybridized carbons (Fsp3) is 0.895. The van der Waals surface area contributed by atoms with Crippen molar-refractivity contribution >= 4 is 11.9 Å². The van der Waals surface area contributed by atoms with Crippen LogP contribution in [0.15, 0.2) is 0 Å². The van der Waals surface area contributed by atoms with Crippen LogP contribution in [0.4, 0.5) is 0 Å². The van der Waals surface area contributed by atoms with Crippen LogP contribution in [0.3, 0.4) is 0 Å². The molecular formula is C19H34Na2O4. The summed E-state index contributed by atoms with van der Waals surface area (Å²) in [7, 11) is 0. The van der Waals surface area contributed by atoms with Gasteiger partial charge in [-0.3, -0.25) is 0 Å². The van der Waals surface area contributed by atoms with Gasteiger partial charge in [0.05, 0.1) is 0 Å². The zero-order valence-corrected chi connectivity index (χ0v) is 21.0. The summed E-state index contributed by atoms with van der Waals surface area (Å²) in [6, 6.07) is 0. The SMILES string of the molecule is CCCCCCCCCCCCC(CCC)(CC(=O)[O-])C(=O)[O-].[Na+].[Na+]. The summed E-state index contributed by atoms with van der Waals surface area (Å²) < 4.78 is 0. The molecule has 0 heterocycles. The zero-order chi connectivity index (χ0) is 17.6. The van der Waals surface area contributed by atoms with Crippen molar-refractivity contribution in [1.82, 2.24) is 0 Å². The third-order valence-corrected chi connectivity index (χ3v) is 4.65. The van der Waals surface area contributed by atoms with Gasteiger partial charge in [-0.05, 0) is 19.3 Å². The van der Waals surface area contributed by atoms with Crippen LogP contribution in [0.1, 0.15) is 104 Å². The number of aliphatic carboxylic acids is 2. The molecule has 0 radical (unpaired) electrons. The van der Waals surface area contributed by atoms with E-state index in [0.29, 0.717) is 19.3 Å². The smallest absolute Gasteiger partial charge is 0.550 e. The second kappa shape index (κ2) is 19.7. The fourth-order valence-electron chi connectivity index (χ4n) is 3.28. The van der Waals surface area contributed by atoms with Gasteiger partial charge in [0, 0.05) is 17.4 Å². The van der Waals surface area contributed by atoms with Crippen LogP contribution in [0.5, 0.6) is 0 Å². The number of carboxylic acids is 2. The van der Waals surface area contributed by atoms with Crippen molar-refractivity contribution in [3.63, 3.8) is 0 Å². The van der Waals surface area contributed by atoms with Crippen molar-refractivity contribution in [3.8, 4) is 0 Å². The maximum absolute atomic E-state index is 11.4. The molecule has 0 fully saturated rings. The van der Waals surface area contributed by atoms with Crippen molar-refractivity contribution in [2.75, 3.05) is 0 Å². The molecule has 0 saturated carbocycles. The van der Waals surface area contributed by atoms with E-state index in [2.05, 4.69) is 6.92 Å². The standard InChI is InChI=1S/C19H36O4.2Na/c1-3-5-6-7-8-9-10-11-12-13-15-19(14-4-2,18(22)23)16-17(20)21;;/h3-16H2,1-2H3,(H,20,21)(H,22,23);;/q;2*+1/p-2. The number of hydrogen-bond donors (Lipinski definition) is 0. The molecule has 0 aliphatic heterocycles. The van der Waals surface area contributed by atoms with Crippen LogP contribution in [-0.4, -0.2) is 11.9 Å². The molecule has 0 spiro atoms. The molecule has 0 aliphatic carbocycles. The quantitative estimate of drug-likeness (QED) is 0.213. The average molecular weight is 372 g/mol. The van der Waals surface area contributed by atoms with Gasteiger partial charge in [-0.2, -0.15) is 0 Å². The number of hydrogen-bond acceptors (Lipinski definition) is 4. The Morgan fingerprint density at radius 1 is 0.680 bits per heavy atom. The Morgan fingerprint density at radius 3 is 1.48 bits per heavy atom. The molecule has 0 aliphatic rings. The third-order valence-electron chi connectivity index (χ3n) is 4.65. The monoisotopic (exact) mass is 372 g/mol. The van der Waals surface area contributed by atoms with Gasteiger partial charge in [0.1, 0.15) is 0 Å². The third kappa shape index (κ3) is 15.7. The van der Waals surface area contributed by atoms with Crippen LogP contribution >= 0.6 is 0 Å². The molecule has 1 atom stereocenters. The minimum atomic E-state index is -1.30. The maximum Gasteiger partial charge on any atom is 1.00 e. The zero-order valence-electron chi connectivity index (χ0n) is 17.0. The minimum Gasteiger partial charge on any atom is -0.550 e. The summed E-state index contributed by atoms with van der Waals surface area (Å²) in [6.45, 7) is 4.08. The second-order valence-electron chi connectivity index (χ2n) is 6.80. The average Bonchev–Trinajstić information content (AvgIpc) is 2.48. The van der Waals surface area contributed by atoms with E-state index in [1.54, 1.807) is 0 Å². The van der Waals surface area contributed by atoms with Crippen LogP contribution in [0.2, 0.25) is 0 Å². The van der Waals surface area contributed by atoms with Crippen molar-refractivity contribution in [2.45, 2.75) is 104 Å². The molecule has 25 heavy (non-hydrogen) atoms. The molecule has 4 nitrogen and oxygen atoms in total. The van der Waals surface area contributed by atoms with Gasteiger partial charge in [-0.25, -0.2) is 0 Å². The van der Waals surface area contributed by atoms with Gasteiger partial charge >= 0.3 is 59.1 Å². The fourth-order valence-corrected chi connectivity index (χ4v) is 3.28. The number of carbonyl (C=O) groups is 2. The summed E-state index contributed by atoms with van der Waals surface area (Å²) >= 11 is 0. The molecule has 0 rings (SSSR count). The van der Waals surface area contributed by atoms with E-state index in [9.17, 15) is 19.8 Å². The minimum absolute atomic E-state index is 0. The molecule has 0 bridgehead atoms. The Bertz CT molecular complexity index is 337. The Hall–Kier alpha value is 0.940. The number of carbonyl (C=O) groups excluding carboxylic acids is 2.